The van der Waals surface area contributed by atoms with Crippen LogP contribution in [0.4, 0.5) is 0 Å². The highest BCUT2D eigenvalue weighted by atomic mass is 16.2. The summed E-state index contributed by atoms with van der Waals surface area (Å²) in [7, 11) is 0. The van der Waals surface area contributed by atoms with Crippen molar-refractivity contribution in [2.45, 2.75) is 20.8 Å². The summed E-state index contributed by atoms with van der Waals surface area (Å²) < 4.78 is 2.01. The number of piperazine rings is 1. The van der Waals surface area contributed by atoms with Crippen molar-refractivity contribution in [2.75, 3.05) is 26.2 Å². The lowest BCUT2D eigenvalue weighted by atomic mass is 10.1. The molecule has 0 N–H and O–H groups in total. The number of benzene rings is 1. The highest BCUT2D eigenvalue weighted by Gasteiger charge is 2.21. The number of carbonyl (C=O) groups is 2. The molecule has 1 saturated heterocycles. The number of aryl methyl sites for hydroxylation is 2. The maximum atomic E-state index is 12.8. The zero-order chi connectivity index (χ0) is 21.3. The van der Waals surface area contributed by atoms with Crippen LogP contribution in [0.3, 0.4) is 0 Å². The number of hydrogen-bond acceptors (Lipinski definition) is 3. The minimum Gasteiger partial charge on any atom is -0.339 e. The van der Waals surface area contributed by atoms with Crippen molar-refractivity contribution in [2.24, 2.45) is 0 Å². The van der Waals surface area contributed by atoms with Crippen molar-refractivity contribution in [3.63, 3.8) is 0 Å². The van der Waals surface area contributed by atoms with Gasteiger partial charge in [-0.2, -0.15) is 0 Å². The van der Waals surface area contributed by atoms with E-state index in [0.717, 1.165) is 28.2 Å². The molecule has 6 nitrogen and oxygen atoms in total. The van der Waals surface area contributed by atoms with E-state index < -0.39 is 0 Å². The summed E-state index contributed by atoms with van der Waals surface area (Å²) in [5, 5.41) is 0. The van der Waals surface area contributed by atoms with Gasteiger partial charge in [-0.3, -0.25) is 14.0 Å². The third-order valence-electron chi connectivity index (χ3n) is 5.56. The van der Waals surface area contributed by atoms with Crippen LogP contribution in [0.15, 0.2) is 48.7 Å². The second-order valence-electron chi connectivity index (χ2n) is 7.81. The predicted octanol–water partition coefficient (Wildman–Crippen LogP) is 3.32. The molecule has 1 aliphatic heterocycles. The van der Waals surface area contributed by atoms with Crippen molar-refractivity contribution in [1.29, 1.82) is 0 Å². The Morgan fingerprint density at radius 2 is 1.60 bits per heavy atom. The van der Waals surface area contributed by atoms with Gasteiger partial charge in [-0.1, -0.05) is 29.8 Å². The summed E-state index contributed by atoms with van der Waals surface area (Å²) in [6.45, 7) is 7.94. The minimum atomic E-state index is -0.0462. The van der Waals surface area contributed by atoms with E-state index in [-0.39, 0.29) is 11.8 Å². The van der Waals surface area contributed by atoms with E-state index in [1.54, 1.807) is 22.8 Å². The first-order chi connectivity index (χ1) is 14.4. The highest BCUT2D eigenvalue weighted by Crippen LogP contribution is 2.26. The molecule has 0 bridgehead atoms. The first-order valence-electron chi connectivity index (χ1n) is 10.2. The number of nitrogens with zero attached hydrogens (tertiary/aromatic N) is 4. The molecule has 2 aromatic heterocycles. The molecule has 30 heavy (non-hydrogen) atoms. The molecular formula is C24H26N4O2. The summed E-state index contributed by atoms with van der Waals surface area (Å²) >= 11 is 0. The molecule has 6 heteroatoms. The number of amides is 2. The lowest BCUT2D eigenvalue weighted by Gasteiger charge is -2.33. The van der Waals surface area contributed by atoms with Gasteiger partial charge in [-0.25, -0.2) is 4.98 Å². The number of imidazole rings is 1. The fraction of sp³-hybridized carbons (Fsp3) is 0.292. The summed E-state index contributed by atoms with van der Waals surface area (Å²) in [5.74, 6) is 0.0107. The summed E-state index contributed by atoms with van der Waals surface area (Å²) in [5.41, 5.74) is 5.93. The molecule has 0 aliphatic carbocycles. The van der Waals surface area contributed by atoms with Gasteiger partial charge in [0, 0.05) is 50.9 Å². The van der Waals surface area contributed by atoms with E-state index in [0.29, 0.717) is 26.2 Å². The van der Waals surface area contributed by atoms with E-state index in [2.05, 4.69) is 31.2 Å². The van der Waals surface area contributed by atoms with Gasteiger partial charge in [0.25, 0.3) is 0 Å². The van der Waals surface area contributed by atoms with Gasteiger partial charge in [0.05, 0.1) is 11.4 Å². The van der Waals surface area contributed by atoms with Crippen molar-refractivity contribution >= 4 is 23.5 Å². The molecule has 0 radical (unpaired) electrons. The quantitative estimate of drug-likeness (QED) is 0.632. The standard InChI is InChI=1S/C24H26N4O2/c1-17-4-6-20(7-5-17)24-21(28-11-10-18(2)16-22(28)25-24)8-9-23(30)27-14-12-26(13-15-27)19(3)29/h4-11,16H,12-15H2,1-3H3/b9-8+. The van der Waals surface area contributed by atoms with Gasteiger partial charge < -0.3 is 9.80 Å². The molecule has 1 fully saturated rings. The topological polar surface area (TPSA) is 57.9 Å². The van der Waals surface area contributed by atoms with Crippen molar-refractivity contribution in [3.8, 4) is 11.3 Å². The molecule has 3 aromatic rings. The largest absolute Gasteiger partial charge is 0.339 e. The lowest BCUT2D eigenvalue weighted by molar-refractivity contribution is -0.135. The van der Waals surface area contributed by atoms with Gasteiger partial charge >= 0.3 is 0 Å². The average molecular weight is 402 g/mol. The molecule has 154 valence electrons. The Labute approximate surface area is 176 Å². The SMILES string of the molecule is CC(=O)N1CCN(C(=O)/C=C/c2c(-c3ccc(C)cc3)nc3cc(C)ccn23)CC1. The van der Waals surface area contributed by atoms with Crippen LogP contribution in [0.5, 0.6) is 0 Å². The van der Waals surface area contributed by atoms with Crippen LogP contribution in [0.2, 0.25) is 0 Å². The zero-order valence-electron chi connectivity index (χ0n) is 17.6. The number of rotatable bonds is 3. The zero-order valence-corrected chi connectivity index (χ0v) is 17.6. The van der Waals surface area contributed by atoms with Crippen molar-refractivity contribution < 1.29 is 9.59 Å². The third kappa shape index (κ3) is 3.99. The number of carbonyl (C=O) groups excluding carboxylic acids is 2. The third-order valence-corrected chi connectivity index (χ3v) is 5.56. The molecule has 1 aromatic carbocycles. The Kier molecular flexibility index (Phi) is 5.40. The highest BCUT2D eigenvalue weighted by molar-refractivity contribution is 5.93. The molecule has 1 aliphatic rings. The van der Waals surface area contributed by atoms with E-state index in [1.165, 1.54) is 5.56 Å². The van der Waals surface area contributed by atoms with Crippen molar-refractivity contribution in [1.82, 2.24) is 19.2 Å². The van der Waals surface area contributed by atoms with E-state index in [9.17, 15) is 9.59 Å². The fourth-order valence-corrected chi connectivity index (χ4v) is 3.75. The summed E-state index contributed by atoms with van der Waals surface area (Å²) in [6.07, 6.45) is 5.46. The lowest BCUT2D eigenvalue weighted by Crippen LogP contribution is -2.49. The predicted molar refractivity (Wildman–Crippen MR) is 118 cm³/mol. The van der Waals surface area contributed by atoms with Crippen LogP contribution in [0, 0.1) is 13.8 Å². The number of aromatic nitrogens is 2. The van der Waals surface area contributed by atoms with Crippen LogP contribution in [-0.4, -0.2) is 57.2 Å². The van der Waals surface area contributed by atoms with E-state index >= 15 is 0 Å². The van der Waals surface area contributed by atoms with Gasteiger partial charge in [0.1, 0.15) is 5.65 Å². The van der Waals surface area contributed by atoms with E-state index in [1.807, 2.05) is 35.7 Å². The van der Waals surface area contributed by atoms with E-state index in [4.69, 9.17) is 4.98 Å². The Hall–Kier alpha value is -3.41. The number of fused-ring (bicyclic) bond motifs is 1. The Bertz CT molecular complexity index is 1120. The van der Waals surface area contributed by atoms with Crippen LogP contribution in [0.25, 0.3) is 23.0 Å². The molecular weight excluding hydrogens is 376 g/mol. The Morgan fingerprint density at radius 1 is 0.933 bits per heavy atom. The molecule has 0 saturated carbocycles. The van der Waals surface area contributed by atoms with Gasteiger partial charge in [0.15, 0.2) is 0 Å². The van der Waals surface area contributed by atoms with Crippen molar-refractivity contribution in [3.05, 3.63) is 65.5 Å². The second kappa shape index (κ2) is 8.14. The average Bonchev–Trinajstić information content (AvgIpc) is 3.10. The molecule has 3 heterocycles. The normalized spacial score (nSPS) is 14.6. The Balaban J connectivity index is 1.64. The smallest absolute Gasteiger partial charge is 0.246 e. The molecule has 0 spiro atoms. The molecule has 2 amide bonds. The summed E-state index contributed by atoms with van der Waals surface area (Å²) in [6, 6.07) is 12.3. The fourth-order valence-electron chi connectivity index (χ4n) is 3.75. The van der Waals surface area contributed by atoms with Gasteiger partial charge in [-0.05, 0) is 37.6 Å². The minimum absolute atomic E-state index is 0.0462. The van der Waals surface area contributed by atoms with Crippen LogP contribution in [0.1, 0.15) is 23.7 Å². The van der Waals surface area contributed by atoms with Crippen LogP contribution >= 0.6 is 0 Å². The molecule has 4 rings (SSSR count). The Morgan fingerprint density at radius 3 is 2.27 bits per heavy atom. The van der Waals surface area contributed by atoms with Crippen LogP contribution in [-0.2, 0) is 9.59 Å². The molecule has 0 unspecified atom stereocenters. The maximum absolute atomic E-state index is 12.8. The first kappa shape index (κ1) is 19.9. The van der Waals surface area contributed by atoms with Crippen LogP contribution < -0.4 is 0 Å². The molecule has 0 atom stereocenters. The monoisotopic (exact) mass is 402 g/mol. The van der Waals surface area contributed by atoms with Gasteiger partial charge in [0.2, 0.25) is 11.8 Å². The second-order valence-corrected chi connectivity index (χ2v) is 7.81. The number of pyridine rings is 1. The number of hydrogen-bond donors (Lipinski definition) is 0. The van der Waals surface area contributed by atoms with Gasteiger partial charge in [-0.15, -0.1) is 0 Å². The maximum Gasteiger partial charge on any atom is 0.246 e. The summed E-state index contributed by atoms with van der Waals surface area (Å²) in [4.78, 5) is 32.7. The first-order valence-corrected chi connectivity index (χ1v) is 10.2.